The SMILES string of the molecule is Nc1c(C(=O)N(C2CCCCC2)C2CCCCC2)sc2nc(-c3ccccc3)cc(-c3ccc(Cl)cc3)c12. The van der Waals surface area contributed by atoms with Crippen LogP contribution in [0, 0.1) is 0 Å². The van der Waals surface area contributed by atoms with Crippen LogP contribution in [0.3, 0.4) is 0 Å². The second-order valence-corrected chi connectivity index (χ2v) is 12.2. The minimum absolute atomic E-state index is 0.104. The number of amides is 1. The van der Waals surface area contributed by atoms with E-state index in [1.165, 1.54) is 49.9 Å². The van der Waals surface area contributed by atoms with Gasteiger partial charge in [0.15, 0.2) is 0 Å². The summed E-state index contributed by atoms with van der Waals surface area (Å²) in [5.41, 5.74) is 11.4. The van der Waals surface area contributed by atoms with Crippen molar-refractivity contribution in [1.82, 2.24) is 9.88 Å². The van der Waals surface area contributed by atoms with Crippen LogP contribution in [-0.4, -0.2) is 27.9 Å². The fourth-order valence-corrected chi connectivity index (χ4v) is 7.55. The molecule has 2 heterocycles. The summed E-state index contributed by atoms with van der Waals surface area (Å²) < 4.78 is 0. The summed E-state index contributed by atoms with van der Waals surface area (Å²) in [5, 5.41) is 1.56. The molecule has 2 aromatic heterocycles. The lowest BCUT2D eigenvalue weighted by atomic mass is 9.88. The first kappa shape index (κ1) is 25.4. The maximum atomic E-state index is 14.4. The van der Waals surface area contributed by atoms with Gasteiger partial charge in [-0.1, -0.05) is 92.6 Å². The second-order valence-electron chi connectivity index (χ2n) is 10.7. The molecule has 6 rings (SSSR count). The summed E-state index contributed by atoms with van der Waals surface area (Å²) >= 11 is 7.67. The fourth-order valence-electron chi connectivity index (χ4n) is 6.36. The number of carbonyl (C=O) groups is 1. The third-order valence-corrected chi connectivity index (χ3v) is 9.63. The number of aromatic nitrogens is 1. The van der Waals surface area contributed by atoms with Gasteiger partial charge in [0.1, 0.15) is 9.71 Å². The number of nitrogens with zero attached hydrogens (tertiary/aromatic N) is 2. The molecule has 0 radical (unpaired) electrons. The number of fused-ring (bicyclic) bond motifs is 1. The summed E-state index contributed by atoms with van der Waals surface area (Å²) in [5.74, 6) is 0.104. The number of halogens is 1. The van der Waals surface area contributed by atoms with Crippen LogP contribution in [0.25, 0.3) is 32.6 Å². The zero-order chi connectivity index (χ0) is 26.1. The Morgan fingerprint density at radius 2 is 1.45 bits per heavy atom. The van der Waals surface area contributed by atoms with E-state index in [4.69, 9.17) is 22.3 Å². The van der Waals surface area contributed by atoms with E-state index in [1.54, 1.807) is 0 Å². The van der Waals surface area contributed by atoms with E-state index in [9.17, 15) is 4.79 Å². The number of anilines is 1. The molecular formula is C32H34ClN3OS. The predicted octanol–water partition coefficient (Wildman–Crippen LogP) is 8.97. The number of nitrogen functional groups attached to an aromatic ring is 1. The van der Waals surface area contributed by atoms with Crippen molar-refractivity contribution >= 4 is 44.7 Å². The zero-order valence-electron chi connectivity index (χ0n) is 21.7. The van der Waals surface area contributed by atoms with Crippen molar-refractivity contribution in [3.05, 3.63) is 70.6 Å². The van der Waals surface area contributed by atoms with E-state index in [-0.39, 0.29) is 5.91 Å². The van der Waals surface area contributed by atoms with Gasteiger partial charge in [0, 0.05) is 28.1 Å². The molecule has 4 nitrogen and oxygen atoms in total. The first-order valence-electron chi connectivity index (χ1n) is 14.0. The predicted molar refractivity (Wildman–Crippen MR) is 160 cm³/mol. The normalized spacial score (nSPS) is 17.1. The van der Waals surface area contributed by atoms with Gasteiger partial charge < -0.3 is 10.6 Å². The highest BCUT2D eigenvalue weighted by Crippen LogP contribution is 2.43. The topological polar surface area (TPSA) is 59.2 Å². The number of carbonyl (C=O) groups excluding carboxylic acids is 1. The van der Waals surface area contributed by atoms with Gasteiger partial charge in [-0.25, -0.2) is 4.98 Å². The molecule has 0 spiro atoms. The number of nitrogens with two attached hydrogens (primary N) is 1. The van der Waals surface area contributed by atoms with E-state index in [0.717, 1.165) is 58.3 Å². The molecule has 0 saturated heterocycles. The summed E-state index contributed by atoms with van der Waals surface area (Å²) in [6, 6.07) is 20.7. The van der Waals surface area contributed by atoms with Crippen molar-refractivity contribution in [3.63, 3.8) is 0 Å². The molecule has 196 valence electrons. The number of pyridine rings is 1. The van der Waals surface area contributed by atoms with E-state index < -0.39 is 0 Å². The highest BCUT2D eigenvalue weighted by molar-refractivity contribution is 7.21. The Bertz CT molecular complexity index is 1400. The van der Waals surface area contributed by atoms with Gasteiger partial charge in [0.2, 0.25) is 0 Å². The Kier molecular flexibility index (Phi) is 7.40. The Hall–Kier alpha value is -2.89. The van der Waals surface area contributed by atoms with E-state index >= 15 is 0 Å². The number of rotatable bonds is 5. The van der Waals surface area contributed by atoms with E-state index in [1.807, 2.05) is 42.5 Å². The molecule has 6 heteroatoms. The summed E-state index contributed by atoms with van der Waals surface area (Å²) in [7, 11) is 0. The summed E-state index contributed by atoms with van der Waals surface area (Å²) in [6.45, 7) is 0. The monoisotopic (exact) mass is 543 g/mol. The lowest BCUT2D eigenvalue weighted by Gasteiger charge is -2.41. The van der Waals surface area contributed by atoms with Crippen molar-refractivity contribution in [2.45, 2.75) is 76.3 Å². The molecule has 38 heavy (non-hydrogen) atoms. The lowest BCUT2D eigenvalue weighted by Crippen LogP contribution is -2.48. The minimum atomic E-state index is 0.104. The van der Waals surface area contributed by atoms with E-state index in [2.05, 4.69) is 23.1 Å². The molecule has 1 amide bonds. The molecule has 2 aliphatic carbocycles. The van der Waals surface area contributed by atoms with Gasteiger partial charge in [0.05, 0.1) is 11.4 Å². The maximum absolute atomic E-state index is 14.4. The van der Waals surface area contributed by atoms with Gasteiger partial charge in [-0.15, -0.1) is 11.3 Å². The van der Waals surface area contributed by atoms with Crippen LogP contribution in [0.15, 0.2) is 60.7 Å². The van der Waals surface area contributed by atoms with Crippen molar-refractivity contribution in [2.24, 2.45) is 0 Å². The van der Waals surface area contributed by atoms with Crippen LogP contribution in [-0.2, 0) is 0 Å². The molecule has 2 fully saturated rings. The Labute approximate surface area is 233 Å². The molecule has 0 unspecified atom stereocenters. The molecule has 2 saturated carbocycles. The fraction of sp³-hybridized carbons (Fsp3) is 0.375. The van der Waals surface area contributed by atoms with Gasteiger partial charge in [-0.2, -0.15) is 0 Å². The van der Waals surface area contributed by atoms with Crippen LogP contribution < -0.4 is 5.73 Å². The van der Waals surface area contributed by atoms with Crippen LogP contribution in [0.1, 0.15) is 73.9 Å². The minimum Gasteiger partial charge on any atom is -0.397 e. The molecular weight excluding hydrogens is 510 g/mol. The standard InChI is InChI=1S/C32H34ClN3OS/c33-23-18-16-21(17-19-23)26-20-27(22-10-4-1-5-11-22)35-31-28(26)29(34)30(38-31)32(37)36(24-12-6-2-7-13-24)25-14-8-3-9-15-25/h1,4-5,10-11,16-20,24-25H,2-3,6-9,12-15,34H2. The number of thiophene rings is 1. The third-order valence-electron chi connectivity index (χ3n) is 8.29. The Balaban J connectivity index is 1.49. The van der Waals surface area contributed by atoms with Gasteiger partial charge in [0.25, 0.3) is 5.91 Å². The van der Waals surface area contributed by atoms with Gasteiger partial charge in [-0.05, 0) is 55.0 Å². The van der Waals surface area contributed by atoms with E-state index in [0.29, 0.717) is 27.7 Å². The number of hydrogen-bond acceptors (Lipinski definition) is 4. The van der Waals surface area contributed by atoms with Crippen molar-refractivity contribution < 1.29 is 4.79 Å². The van der Waals surface area contributed by atoms with Crippen LogP contribution >= 0.6 is 22.9 Å². The Morgan fingerprint density at radius 3 is 2.05 bits per heavy atom. The first-order valence-corrected chi connectivity index (χ1v) is 15.2. The quantitative estimate of drug-likeness (QED) is 0.273. The number of benzene rings is 2. The molecule has 4 aromatic rings. The molecule has 0 bridgehead atoms. The van der Waals surface area contributed by atoms with Crippen molar-refractivity contribution in [3.8, 4) is 22.4 Å². The number of hydrogen-bond donors (Lipinski definition) is 1. The van der Waals surface area contributed by atoms with Crippen molar-refractivity contribution in [1.29, 1.82) is 0 Å². The highest BCUT2D eigenvalue weighted by atomic mass is 35.5. The average molecular weight is 544 g/mol. The first-order chi connectivity index (χ1) is 18.6. The smallest absolute Gasteiger partial charge is 0.266 e. The van der Waals surface area contributed by atoms with Crippen LogP contribution in [0.5, 0.6) is 0 Å². The van der Waals surface area contributed by atoms with Gasteiger partial charge in [-0.3, -0.25) is 4.79 Å². The highest BCUT2D eigenvalue weighted by Gasteiger charge is 2.35. The van der Waals surface area contributed by atoms with Crippen LogP contribution in [0.4, 0.5) is 5.69 Å². The van der Waals surface area contributed by atoms with Crippen LogP contribution in [0.2, 0.25) is 5.02 Å². The molecule has 0 atom stereocenters. The molecule has 2 aromatic carbocycles. The summed E-state index contributed by atoms with van der Waals surface area (Å²) in [6.07, 6.45) is 11.7. The zero-order valence-corrected chi connectivity index (χ0v) is 23.2. The second kappa shape index (κ2) is 11.1. The molecule has 0 aliphatic heterocycles. The molecule has 2 N–H and O–H groups in total. The lowest BCUT2D eigenvalue weighted by molar-refractivity contribution is 0.0454. The van der Waals surface area contributed by atoms with Gasteiger partial charge >= 0.3 is 0 Å². The third kappa shape index (κ3) is 4.94. The molecule has 2 aliphatic rings. The maximum Gasteiger partial charge on any atom is 0.266 e. The average Bonchev–Trinajstić information content (AvgIpc) is 3.31. The summed E-state index contributed by atoms with van der Waals surface area (Å²) in [4.78, 5) is 23.1. The largest absolute Gasteiger partial charge is 0.397 e. The Morgan fingerprint density at radius 1 is 0.842 bits per heavy atom. The van der Waals surface area contributed by atoms with Crippen molar-refractivity contribution in [2.75, 3.05) is 5.73 Å².